The second-order valence-electron chi connectivity index (χ2n) is 4.50. The highest BCUT2D eigenvalue weighted by atomic mass is 16.7. The third kappa shape index (κ3) is 2.23. The summed E-state index contributed by atoms with van der Waals surface area (Å²) >= 11 is 0. The van der Waals surface area contributed by atoms with E-state index in [1.165, 1.54) is 0 Å². The largest absolute Gasteiger partial charge is 0.454 e. The number of anilines is 1. The lowest BCUT2D eigenvalue weighted by atomic mass is 10.1. The van der Waals surface area contributed by atoms with Crippen molar-refractivity contribution < 1.29 is 19.7 Å². The van der Waals surface area contributed by atoms with Gasteiger partial charge in [-0.15, -0.1) is 0 Å². The monoisotopic (exact) mass is 276 g/mol. The Hall–Kier alpha value is -2.05. The third-order valence-corrected chi connectivity index (χ3v) is 3.28. The highest BCUT2D eigenvalue weighted by molar-refractivity contribution is 5.94. The number of hydrogen-bond acceptors (Lipinski definition) is 6. The molecule has 2 N–H and O–H groups in total. The van der Waals surface area contributed by atoms with Gasteiger partial charge in [0.05, 0.1) is 13.2 Å². The topological polar surface area (TPSA) is 75.1 Å². The summed E-state index contributed by atoms with van der Waals surface area (Å²) in [6.07, 6.45) is 1.71. The first-order valence-electron chi connectivity index (χ1n) is 6.48. The molecule has 6 heteroatoms. The lowest BCUT2D eigenvalue weighted by Crippen LogP contribution is -2.30. The second kappa shape index (κ2) is 5.52. The van der Waals surface area contributed by atoms with Gasteiger partial charge in [0.15, 0.2) is 11.5 Å². The van der Waals surface area contributed by atoms with Crippen LogP contribution in [-0.2, 0) is 0 Å². The quantitative estimate of drug-likeness (QED) is 0.839. The van der Waals surface area contributed by atoms with Crippen LogP contribution in [0.3, 0.4) is 0 Å². The smallest absolute Gasteiger partial charge is 0.231 e. The Balaban J connectivity index is 2.10. The minimum absolute atomic E-state index is 0.00260. The van der Waals surface area contributed by atoms with Crippen LogP contribution in [0.5, 0.6) is 11.5 Å². The van der Waals surface area contributed by atoms with Crippen LogP contribution >= 0.6 is 0 Å². The molecule has 0 amide bonds. The lowest BCUT2D eigenvalue weighted by molar-refractivity contribution is 0.174. The number of nitrogens with zero attached hydrogens (tertiary/aromatic N) is 2. The molecular weight excluding hydrogens is 260 g/mol. The average molecular weight is 276 g/mol. The van der Waals surface area contributed by atoms with E-state index in [-0.39, 0.29) is 20.0 Å². The van der Waals surface area contributed by atoms with Gasteiger partial charge >= 0.3 is 0 Å². The predicted octanol–water partition coefficient (Wildman–Crippen LogP) is 0.754. The molecule has 6 nitrogen and oxygen atoms in total. The third-order valence-electron chi connectivity index (χ3n) is 3.28. The van der Waals surface area contributed by atoms with E-state index in [0.717, 1.165) is 22.3 Å². The number of aliphatic hydroxyl groups is 2. The molecule has 1 aliphatic heterocycles. The number of hydrogen-bond donors (Lipinski definition) is 2. The number of benzene rings is 1. The molecule has 0 unspecified atom stereocenters. The van der Waals surface area contributed by atoms with Crippen LogP contribution in [0, 0.1) is 0 Å². The molecule has 0 saturated carbocycles. The van der Waals surface area contributed by atoms with Gasteiger partial charge in [-0.25, -0.2) is 4.98 Å². The Kier molecular flexibility index (Phi) is 3.58. The summed E-state index contributed by atoms with van der Waals surface area (Å²) in [6, 6.07) is 5.71. The van der Waals surface area contributed by atoms with E-state index in [1.807, 2.05) is 23.1 Å². The van der Waals surface area contributed by atoms with E-state index in [0.29, 0.717) is 18.8 Å². The summed E-state index contributed by atoms with van der Waals surface area (Å²) in [4.78, 5) is 6.23. The van der Waals surface area contributed by atoms with Crippen molar-refractivity contribution in [2.75, 3.05) is 38.0 Å². The van der Waals surface area contributed by atoms with Crippen LogP contribution in [-0.4, -0.2) is 48.3 Å². The maximum absolute atomic E-state index is 9.16. The van der Waals surface area contributed by atoms with E-state index < -0.39 is 0 Å². The van der Waals surface area contributed by atoms with Crippen molar-refractivity contribution in [1.29, 1.82) is 0 Å². The van der Waals surface area contributed by atoms with Gasteiger partial charge in [-0.3, -0.25) is 0 Å². The first-order valence-corrected chi connectivity index (χ1v) is 6.48. The predicted molar refractivity (Wildman–Crippen MR) is 74.3 cm³/mol. The minimum atomic E-state index is 0.00260. The van der Waals surface area contributed by atoms with Crippen molar-refractivity contribution in [3.63, 3.8) is 0 Å². The summed E-state index contributed by atoms with van der Waals surface area (Å²) in [5, 5.41) is 20.2. The molecular formula is C14H16N2O4. The second-order valence-corrected chi connectivity index (χ2v) is 4.50. The molecule has 1 aromatic heterocycles. The highest BCUT2D eigenvalue weighted by Crippen LogP contribution is 2.38. The number of aromatic nitrogens is 1. The fourth-order valence-corrected chi connectivity index (χ4v) is 2.36. The van der Waals surface area contributed by atoms with Gasteiger partial charge in [0.1, 0.15) is 5.82 Å². The van der Waals surface area contributed by atoms with E-state index in [9.17, 15) is 0 Å². The fraction of sp³-hybridized carbons (Fsp3) is 0.357. The van der Waals surface area contributed by atoms with Crippen LogP contribution < -0.4 is 14.4 Å². The summed E-state index contributed by atoms with van der Waals surface area (Å²) in [7, 11) is 0. The van der Waals surface area contributed by atoms with Crippen LogP contribution in [0.25, 0.3) is 10.8 Å². The summed E-state index contributed by atoms with van der Waals surface area (Å²) < 4.78 is 10.8. The number of rotatable bonds is 5. The molecule has 0 fully saturated rings. The van der Waals surface area contributed by atoms with Crippen LogP contribution in [0.1, 0.15) is 0 Å². The first-order chi connectivity index (χ1) is 9.83. The number of ether oxygens (including phenoxy) is 2. The van der Waals surface area contributed by atoms with Gasteiger partial charge in [-0.2, -0.15) is 0 Å². The molecule has 1 aliphatic rings. The highest BCUT2D eigenvalue weighted by Gasteiger charge is 2.18. The van der Waals surface area contributed by atoms with Crippen molar-refractivity contribution >= 4 is 16.6 Å². The van der Waals surface area contributed by atoms with E-state index in [1.54, 1.807) is 6.20 Å². The zero-order valence-electron chi connectivity index (χ0n) is 11.0. The summed E-state index contributed by atoms with van der Waals surface area (Å²) in [5.74, 6) is 2.15. The van der Waals surface area contributed by atoms with Gasteiger partial charge in [-0.1, -0.05) is 0 Å². The van der Waals surface area contributed by atoms with Gasteiger partial charge < -0.3 is 24.6 Å². The number of pyridine rings is 1. The molecule has 20 heavy (non-hydrogen) atoms. The van der Waals surface area contributed by atoms with Gasteiger partial charge in [0, 0.05) is 24.7 Å². The van der Waals surface area contributed by atoms with Crippen LogP contribution in [0.2, 0.25) is 0 Å². The number of fused-ring (bicyclic) bond motifs is 2. The summed E-state index contributed by atoms with van der Waals surface area (Å²) in [5.41, 5.74) is 0. The van der Waals surface area contributed by atoms with Gasteiger partial charge in [-0.05, 0) is 23.6 Å². The Bertz CT molecular complexity index is 611. The van der Waals surface area contributed by atoms with Crippen molar-refractivity contribution in [3.05, 3.63) is 24.4 Å². The molecule has 0 radical (unpaired) electrons. The molecule has 2 heterocycles. The molecule has 106 valence electrons. The maximum atomic E-state index is 9.16. The lowest BCUT2D eigenvalue weighted by Gasteiger charge is -2.23. The Labute approximate surface area is 116 Å². The SMILES string of the molecule is OCCN(CCO)c1nccc2cc3c(cc12)OCO3. The Morgan fingerprint density at radius 3 is 2.50 bits per heavy atom. The molecule has 0 spiro atoms. The van der Waals surface area contributed by atoms with Crippen molar-refractivity contribution in [1.82, 2.24) is 4.98 Å². The van der Waals surface area contributed by atoms with E-state index in [4.69, 9.17) is 19.7 Å². The minimum Gasteiger partial charge on any atom is -0.454 e. The zero-order chi connectivity index (χ0) is 13.9. The zero-order valence-corrected chi connectivity index (χ0v) is 11.0. The van der Waals surface area contributed by atoms with E-state index >= 15 is 0 Å². The average Bonchev–Trinajstić information content (AvgIpc) is 2.91. The number of aliphatic hydroxyl groups excluding tert-OH is 2. The van der Waals surface area contributed by atoms with E-state index in [2.05, 4.69) is 4.98 Å². The normalized spacial score (nSPS) is 12.9. The van der Waals surface area contributed by atoms with Gasteiger partial charge in [0.25, 0.3) is 0 Å². The first kappa shape index (κ1) is 13.0. The van der Waals surface area contributed by atoms with Crippen molar-refractivity contribution in [2.24, 2.45) is 0 Å². The molecule has 2 aromatic rings. The van der Waals surface area contributed by atoms with Crippen molar-refractivity contribution in [3.8, 4) is 11.5 Å². The molecule has 0 atom stereocenters. The molecule has 0 bridgehead atoms. The molecule has 1 aromatic carbocycles. The van der Waals surface area contributed by atoms with Gasteiger partial charge in [0.2, 0.25) is 6.79 Å². The standard InChI is InChI=1S/C14H16N2O4/c17-5-3-16(4-6-18)14-11-8-13-12(19-9-20-13)7-10(11)1-2-15-14/h1-2,7-8,17-18H,3-6,9H2. The summed E-state index contributed by atoms with van der Waals surface area (Å²) in [6.45, 7) is 1.07. The van der Waals surface area contributed by atoms with Crippen LogP contribution in [0.4, 0.5) is 5.82 Å². The Morgan fingerprint density at radius 2 is 1.80 bits per heavy atom. The van der Waals surface area contributed by atoms with Crippen molar-refractivity contribution in [2.45, 2.75) is 0 Å². The molecule has 0 saturated heterocycles. The molecule has 3 rings (SSSR count). The maximum Gasteiger partial charge on any atom is 0.231 e. The van der Waals surface area contributed by atoms with Crippen LogP contribution in [0.15, 0.2) is 24.4 Å². The fourth-order valence-electron chi connectivity index (χ4n) is 2.36. The molecule has 0 aliphatic carbocycles. The Morgan fingerprint density at radius 1 is 1.10 bits per heavy atom.